The topological polar surface area (TPSA) is 42.7 Å². The number of rotatable bonds is 5. The number of hydrogen-bond acceptors (Lipinski definition) is 4. The second-order valence-corrected chi connectivity index (χ2v) is 5.82. The molecule has 0 spiro atoms. The van der Waals surface area contributed by atoms with Crippen molar-refractivity contribution in [3.63, 3.8) is 0 Å². The lowest BCUT2D eigenvalue weighted by atomic mass is 10.2. The Hall–Kier alpha value is -2.14. The van der Waals surface area contributed by atoms with Crippen molar-refractivity contribution in [2.24, 2.45) is 0 Å². The Morgan fingerprint density at radius 3 is 2.81 bits per heavy atom. The van der Waals surface area contributed by atoms with E-state index >= 15 is 0 Å². The van der Waals surface area contributed by atoms with Gasteiger partial charge in [-0.2, -0.15) is 0 Å². The first-order valence-electron chi connectivity index (χ1n) is 7.05. The minimum Gasteiger partial charge on any atom is -0.374 e. The Morgan fingerprint density at radius 1 is 1.24 bits per heavy atom. The van der Waals surface area contributed by atoms with Crippen LogP contribution in [0.1, 0.15) is 30.1 Å². The summed E-state index contributed by atoms with van der Waals surface area (Å²) >= 11 is 1.78. The van der Waals surface area contributed by atoms with E-state index in [0.717, 1.165) is 23.8 Å². The Labute approximate surface area is 128 Å². The van der Waals surface area contributed by atoms with Gasteiger partial charge in [-0.05, 0) is 36.9 Å². The highest BCUT2D eigenvalue weighted by atomic mass is 32.1. The summed E-state index contributed by atoms with van der Waals surface area (Å²) in [7, 11) is 0. The van der Waals surface area contributed by atoms with E-state index in [4.69, 9.17) is 0 Å². The van der Waals surface area contributed by atoms with Crippen molar-refractivity contribution in [3.8, 4) is 5.82 Å². The predicted molar refractivity (Wildman–Crippen MR) is 87.1 cm³/mol. The standard InChI is InChI=1S/C16H18N4S/c1-3-13(15-7-5-11-21-15)19-14-6-4-8-18-16(14)20-10-9-17-12(20)2/h4-11,13,19H,3H2,1-2H3. The van der Waals surface area contributed by atoms with Crippen LogP contribution >= 0.6 is 11.3 Å². The first-order valence-corrected chi connectivity index (χ1v) is 7.93. The maximum atomic E-state index is 4.51. The quantitative estimate of drug-likeness (QED) is 0.767. The molecular formula is C16H18N4S. The fourth-order valence-corrected chi connectivity index (χ4v) is 3.22. The molecule has 3 rings (SSSR count). The molecule has 0 aliphatic carbocycles. The van der Waals surface area contributed by atoms with E-state index in [1.54, 1.807) is 17.5 Å². The van der Waals surface area contributed by atoms with Gasteiger partial charge in [-0.25, -0.2) is 9.97 Å². The van der Waals surface area contributed by atoms with Gasteiger partial charge in [-0.3, -0.25) is 4.57 Å². The van der Waals surface area contributed by atoms with Crippen LogP contribution < -0.4 is 5.32 Å². The number of hydrogen-bond donors (Lipinski definition) is 1. The maximum Gasteiger partial charge on any atom is 0.161 e. The monoisotopic (exact) mass is 298 g/mol. The van der Waals surface area contributed by atoms with E-state index < -0.39 is 0 Å². The molecule has 3 aromatic rings. The predicted octanol–water partition coefficient (Wildman–Crippen LogP) is 4.20. The van der Waals surface area contributed by atoms with Crippen LogP contribution in [0, 0.1) is 6.92 Å². The van der Waals surface area contributed by atoms with Gasteiger partial charge in [-0.15, -0.1) is 11.3 Å². The maximum absolute atomic E-state index is 4.51. The molecule has 1 unspecified atom stereocenters. The Bertz CT molecular complexity index is 703. The third kappa shape index (κ3) is 2.83. The first kappa shape index (κ1) is 13.8. The zero-order valence-corrected chi connectivity index (χ0v) is 13.0. The minimum absolute atomic E-state index is 0.303. The lowest BCUT2D eigenvalue weighted by Gasteiger charge is -2.19. The van der Waals surface area contributed by atoms with Crippen LogP contribution in [0.15, 0.2) is 48.2 Å². The van der Waals surface area contributed by atoms with E-state index in [1.807, 2.05) is 30.0 Å². The molecular weight excluding hydrogens is 280 g/mol. The largest absolute Gasteiger partial charge is 0.374 e. The van der Waals surface area contributed by atoms with Gasteiger partial charge in [-0.1, -0.05) is 13.0 Å². The van der Waals surface area contributed by atoms with Crippen LogP contribution in [0.4, 0.5) is 5.69 Å². The Morgan fingerprint density at radius 2 is 2.14 bits per heavy atom. The van der Waals surface area contributed by atoms with Crippen LogP contribution in [0.25, 0.3) is 5.82 Å². The van der Waals surface area contributed by atoms with Crippen LogP contribution in [0.5, 0.6) is 0 Å². The van der Waals surface area contributed by atoms with Crippen molar-refractivity contribution >= 4 is 17.0 Å². The highest BCUT2D eigenvalue weighted by molar-refractivity contribution is 7.10. The molecule has 1 atom stereocenters. The van der Waals surface area contributed by atoms with Crippen molar-refractivity contribution in [1.29, 1.82) is 0 Å². The van der Waals surface area contributed by atoms with Crippen LogP contribution in [0.2, 0.25) is 0 Å². The van der Waals surface area contributed by atoms with Crippen LogP contribution in [-0.2, 0) is 0 Å². The Kier molecular flexibility index (Phi) is 4.01. The van der Waals surface area contributed by atoms with Crippen molar-refractivity contribution in [2.75, 3.05) is 5.32 Å². The average Bonchev–Trinajstić information content (AvgIpc) is 3.16. The van der Waals surface area contributed by atoms with E-state index in [1.165, 1.54) is 4.88 Å². The summed E-state index contributed by atoms with van der Waals surface area (Å²) in [5.74, 6) is 1.82. The molecule has 0 saturated carbocycles. The summed E-state index contributed by atoms with van der Waals surface area (Å²) in [6, 6.07) is 8.59. The van der Waals surface area contributed by atoms with E-state index in [0.29, 0.717) is 6.04 Å². The molecule has 3 aromatic heterocycles. The van der Waals surface area contributed by atoms with Gasteiger partial charge in [0.1, 0.15) is 5.82 Å². The van der Waals surface area contributed by atoms with Crippen LogP contribution in [-0.4, -0.2) is 14.5 Å². The van der Waals surface area contributed by atoms with E-state index in [-0.39, 0.29) is 0 Å². The number of imidazole rings is 1. The molecule has 21 heavy (non-hydrogen) atoms. The molecule has 0 aliphatic rings. The van der Waals surface area contributed by atoms with Gasteiger partial charge in [0.05, 0.1) is 11.7 Å². The number of thiophene rings is 1. The second kappa shape index (κ2) is 6.10. The number of aromatic nitrogens is 3. The summed E-state index contributed by atoms with van der Waals surface area (Å²) in [5.41, 5.74) is 1.03. The molecule has 0 bridgehead atoms. The molecule has 5 heteroatoms. The summed E-state index contributed by atoms with van der Waals surface area (Å²) in [5, 5.41) is 5.73. The van der Waals surface area contributed by atoms with E-state index in [9.17, 15) is 0 Å². The van der Waals surface area contributed by atoms with Gasteiger partial charge in [0.25, 0.3) is 0 Å². The molecule has 1 N–H and O–H groups in total. The lowest BCUT2D eigenvalue weighted by Crippen LogP contribution is -2.11. The zero-order valence-electron chi connectivity index (χ0n) is 12.2. The summed E-state index contributed by atoms with van der Waals surface area (Å²) < 4.78 is 2.00. The molecule has 3 heterocycles. The fourth-order valence-electron chi connectivity index (χ4n) is 2.36. The number of nitrogens with zero attached hydrogens (tertiary/aromatic N) is 3. The molecule has 0 saturated heterocycles. The highest BCUT2D eigenvalue weighted by Gasteiger charge is 2.14. The van der Waals surface area contributed by atoms with Gasteiger partial charge in [0.2, 0.25) is 0 Å². The first-order chi connectivity index (χ1) is 10.3. The van der Waals surface area contributed by atoms with Crippen molar-refractivity contribution < 1.29 is 0 Å². The average molecular weight is 298 g/mol. The van der Waals surface area contributed by atoms with Gasteiger partial charge >= 0.3 is 0 Å². The smallest absolute Gasteiger partial charge is 0.161 e. The molecule has 108 valence electrons. The molecule has 0 aromatic carbocycles. The molecule has 0 fully saturated rings. The van der Waals surface area contributed by atoms with E-state index in [2.05, 4.69) is 45.8 Å². The number of nitrogens with one attached hydrogen (secondary N) is 1. The zero-order chi connectivity index (χ0) is 14.7. The normalized spacial score (nSPS) is 12.3. The lowest BCUT2D eigenvalue weighted by molar-refractivity contribution is 0.760. The SMILES string of the molecule is CCC(Nc1cccnc1-n1ccnc1C)c1cccs1. The third-order valence-corrected chi connectivity index (χ3v) is 4.45. The number of aryl methyl sites for hydroxylation is 1. The third-order valence-electron chi connectivity index (χ3n) is 3.47. The number of anilines is 1. The minimum atomic E-state index is 0.303. The molecule has 0 aliphatic heterocycles. The molecule has 0 radical (unpaired) electrons. The molecule has 0 amide bonds. The second-order valence-electron chi connectivity index (χ2n) is 4.84. The Balaban J connectivity index is 1.94. The highest BCUT2D eigenvalue weighted by Crippen LogP contribution is 2.28. The van der Waals surface area contributed by atoms with Gasteiger partial charge in [0, 0.05) is 23.5 Å². The number of pyridine rings is 1. The fraction of sp³-hybridized carbons (Fsp3) is 0.250. The van der Waals surface area contributed by atoms with Gasteiger partial charge in [0.15, 0.2) is 5.82 Å². The summed E-state index contributed by atoms with van der Waals surface area (Å²) in [4.78, 5) is 10.1. The van der Waals surface area contributed by atoms with Crippen molar-refractivity contribution in [2.45, 2.75) is 26.3 Å². The van der Waals surface area contributed by atoms with Crippen molar-refractivity contribution in [1.82, 2.24) is 14.5 Å². The van der Waals surface area contributed by atoms with Crippen LogP contribution in [0.3, 0.4) is 0 Å². The summed E-state index contributed by atoms with van der Waals surface area (Å²) in [6.45, 7) is 4.17. The molecule has 4 nitrogen and oxygen atoms in total. The van der Waals surface area contributed by atoms with Gasteiger partial charge < -0.3 is 5.32 Å². The van der Waals surface area contributed by atoms with Crippen molar-refractivity contribution in [3.05, 3.63) is 58.9 Å². The summed E-state index contributed by atoms with van der Waals surface area (Å²) in [6.07, 6.45) is 6.57.